The second-order valence-corrected chi connectivity index (χ2v) is 5.45. The first-order valence-corrected chi connectivity index (χ1v) is 7.78. The van der Waals surface area contributed by atoms with Gasteiger partial charge in [0.2, 0.25) is 5.91 Å². The molecule has 0 saturated heterocycles. The summed E-state index contributed by atoms with van der Waals surface area (Å²) in [5.41, 5.74) is 1.28. The normalized spacial score (nSPS) is 12.8. The van der Waals surface area contributed by atoms with Crippen molar-refractivity contribution in [1.82, 2.24) is 5.32 Å². The van der Waals surface area contributed by atoms with Gasteiger partial charge >= 0.3 is 5.97 Å². The Kier molecular flexibility index (Phi) is 6.54. The van der Waals surface area contributed by atoms with E-state index in [1.807, 2.05) is 30.3 Å². The fourth-order valence-electron chi connectivity index (χ4n) is 2.39. The standard InChI is InChI=1S/C19H21NO5/c1-24-15-10-8-14(9-11-15)18(22)17(19(23)25-2)20-16(21)12-13-6-4-3-5-7-13/h3-11,17-18,22H,12H2,1-2H3,(H,20,21). The molecule has 0 radical (unpaired) electrons. The first-order valence-electron chi connectivity index (χ1n) is 7.78. The van der Waals surface area contributed by atoms with Gasteiger partial charge in [-0.1, -0.05) is 42.5 Å². The van der Waals surface area contributed by atoms with E-state index in [2.05, 4.69) is 5.32 Å². The Bertz CT molecular complexity index is 700. The molecule has 0 heterocycles. The van der Waals surface area contributed by atoms with E-state index >= 15 is 0 Å². The van der Waals surface area contributed by atoms with Gasteiger partial charge in [0, 0.05) is 0 Å². The molecule has 0 spiro atoms. The fourth-order valence-corrected chi connectivity index (χ4v) is 2.39. The summed E-state index contributed by atoms with van der Waals surface area (Å²) in [6.45, 7) is 0. The Labute approximate surface area is 146 Å². The zero-order valence-corrected chi connectivity index (χ0v) is 14.1. The van der Waals surface area contributed by atoms with E-state index in [4.69, 9.17) is 9.47 Å². The molecule has 2 unspecified atom stereocenters. The monoisotopic (exact) mass is 343 g/mol. The molecule has 2 atom stereocenters. The second-order valence-electron chi connectivity index (χ2n) is 5.45. The van der Waals surface area contributed by atoms with Gasteiger partial charge < -0.3 is 19.9 Å². The maximum absolute atomic E-state index is 12.2. The van der Waals surface area contributed by atoms with Crippen LogP contribution in [0.1, 0.15) is 17.2 Å². The minimum Gasteiger partial charge on any atom is -0.497 e. The third kappa shape index (κ3) is 5.06. The molecule has 0 aliphatic heterocycles. The Morgan fingerprint density at radius 1 is 1.04 bits per heavy atom. The van der Waals surface area contributed by atoms with Crippen LogP contribution in [0.3, 0.4) is 0 Å². The maximum Gasteiger partial charge on any atom is 0.331 e. The average molecular weight is 343 g/mol. The number of amides is 1. The van der Waals surface area contributed by atoms with Crippen LogP contribution in [-0.4, -0.2) is 37.2 Å². The number of esters is 1. The predicted molar refractivity (Wildman–Crippen MR) is 92.0 cm³/mol. The molecule has 2 rings (SSSR count). The molecule has 1 amide bonds. The number of methoxy groups -OCH3 is 2. The summed E-state index contributed by atoms with van der Waals surface area (Å²) in [7, 11) is 2.74. The Morgan fingerprint density at radius 2 is 1.68 bits per heavy atom. The highest BCUT2D eigenvalue weighted by atomic mass is 16.5. The van der Waals surface area contributed by atoms with Crippen molar-refractivity contribution in [3.05, 3.63) is 65.7 Å². The van der Waals surface area contributed by atoms with E-state index in [1.54, 1.807) is 24.3 Å². The molecule has 0 fully saturated rings. The number of aliphatic hydroxyl groups excluding tert-OH is 1. The third-order valence-corrected chi connectivity index (χ3v) is 3.75. The van der Waals surface area contributed by atoms with Crippen molar-refractivity contribution in [2.24, 2.45) is 0 Å². The summed E-state index contributed by atoms with van der Waals surface area (Å²) in [6.07, 6.45) is -1.14. The Hall–Kier alpha value is -2.86. The maximum atomic E-state index is 12.2. The molecule has 0 aliphatic rings. The lowest BCUT2D eigenvalue weighted by Crippen LogP contribution is -2.46. The van der Waals surface area contributed by atoms with E-state index in [1.165, 1.54) is 14.2 Å². The molecule has 25 heavy (non-hydrogen) atoms. The Morgan fingerprint density at radius 3 is 2.24 bits per heavy atom. The highest BCUT2D eigenvalue weighted by Gasteiger charge is 2.30. The van der Waals surface area contributed by atoms with Gasteiger partial charge in [-0.3, -0.25) is 4.79 Å². The summed E-state index contributed by atoms with van der Waals surface area (Å²) in [5, 5.41) is 13.1. The van der Waals surface area contributed by atoms with Gasteiger partial charge in [0.15, 0.2) is 6.04 Å². The van der Waals surface area contributed by atoms with Crippen molar-refractivity contribution in [1.29, 1.82) is 0 Å². The zero-order valence-electron chi connectivity index (χ0n) is 14.1. The number of aliphatic hydroxyl groups is 1. The first-order chi connectivity index (χ1) is 12.0. The van der Waals surface area contributed by atoms with Gasteiger partial charge in [-0.05, 0) is 23.3 Å². The van der Waals surface area contributed by atoms with Gasteiger partial charge in [0.05, 0.1) is 20.6 Å². The molecule has 0 bridgehead atoms. The minimum atomic E-state index is -1.24. The topological polar surface area (TPSA) is 84.9 Å². The van der Waals surface area contributed by atoms with Crippen LogP contribution in [0.15, 0.2) is 54.6 Å². The molecule has 2 aromatic carbocycles. The molecule has 2 aromatic rings. The third-order valence-electron chi connectivity index (χ3n) is 3.75. The summed E-state index contributed by atoms with van der Waals surface area (Å²) in [6, 6.07) is 14.5. The lowest BCUT2D eigenvalue weighted by atomic mass is 10.0. The van der Waals surface area contributed by atoms with Gasteiger partial charge in [0.25, 0.3) is 0 Å². The van der Waals surface area contributed by atoms with Crippen LogP contribution >= 0.6 is 0 Å². The lowest BCUT2D eigenvalue weighted by Gasteiger charge is -2.22. The number of hydrogen-bond donors (Lipinski definition) is 2. The van der Waals surface area contributed by atoms with Crippen LogP contribution in [0.25, 0.3) is 0 Å². The highest BCUT2D eigenvalue weighted by molar-refractivity contribution is 5.86. The van der Waals surface area contributed by atoms with E-state index in [9.17, 15) is 14.7 Å². The smallest absolute Gasteiger partial charge is 0.331 e. The van der Waals surface area contributed by atoms with Crippen LogP contribution in [0.2, 0.25) is 0 Å². The molecule has 0 saturated carbocycles. The fraction of sp³-hybridized carbons (Fsp3) is 0.263. The number of nitrogens with one attached hydrogen (secondary N) is 1. The molecular formula is C19H21NO5. The largest absolute Gasteiger partial charge is 0.497 e. The summed E-state index contributed by atoms with van der Waals surface area (Å²) >= 11 is 0. The number of hydrogen-bond acceptors (Lipinski definition) is 5. The van der Waals surface area contributed by atoms with E-state index in [0.29, 0.717) is 11.3 Å². The highest BCUT2D eigenvalue weighted by Crippen LogP contribution is 2.21. The lowest BCUT2D eigenvalue weighted by molar-refractivity contribution is -0.148. The van der Waals surface area contributed by atoms with E-state index < -0.39 is 18.1 Å². The molecule has 0 aliphatic carbocycles. The number of ether oxygens (including phenoxy) is 2. The zero-order chi connectivity index (χ0) is 18.2. The van der Waals surface area contributed by atoms with Crippen LogP contribution < -0.4 is 10.1 Å². The van der Waals surface area contributed by atoms with Crippen molar-refractivity contribution >= 4 is 11.9 Å². The molecule has 6 nitrogen and oxygen atoms in total. The van der Waals surface area contributed by atoms with Crippen molar-refractivity contribution < 1.29 is 24.2 Å². The Balaban J connectivity index is 2.11. The van der Waals surface area contributed by atoms with Crippen molar-refractivity contribution in [2.75, 3.05) is 14.2 Å². The van der Waals surface area contributed by atoms with Gasteiger partial charge in [0.1, 0.15) is 11.9 Å². The van der Waals surface area contributed by atoms with Gasteiger partial charge in [-0.2, -0.15) is 0 Å². The number of carbonyl (C=O) groups excluding carboxylic acids is 2. The second kappa shape index (κ2) is 8.84. The molecule has 0 aromatic heterocycles. The molecule has 6 heteroatoms. The van der Waals surface area contributed by atoms with Crippen molar-refractivity contribution in [2.45, 2.75) is 18.6 Å². The van der Waals surface area contributed by atoms with Crippen LogP contribution in [0, 0.1) is 0 Å². The number of benzene rings is 2. The molecular weight excluding hydrogens is 322 g/mol. The number of rotatable bonds is 7. The van der Waals surface area contributed by atoms with Gasteiger partial charge in [-0.15, -0.1) is 0 Å². The minimum absolute atomic E-state index is 0.101. The predicted octanol–water partition coefficient (Wildman–Crippen LogP) is 1.63. The van der Waals surface area contributed by atoms with Crippen molar-refractivity contribution in [3.8, 4) is 5.75 Å². The first kappa shape index (κ1) is 18.5. The summed E-state index contributed by atoms with van der Waals surface area (Å²) in [4.78, 5) is 24.2. The van der Waals surface area contributed by atoms with E-state index in [0.717, 1.165) is 5.56 Å². The molecule has 2 N–H and O–H groups in total. The average Bonchev–Trinajstić information content (AvgIpc) is 2.66. The van der Waals surface area contributed by atoms with Crippen LogP contribution in [0.5, 0.6) is 5.75 Å². The van der Waals surface area contributed by atoms with Crippen LogP contribution in [0.4, 0.5) is 0 Å². The quantitative estimate of drug-likeness (QED) is 0.747. The van der Waals surface area contributed by atoms with Crippen molar-refractivity contribution in [3.63, 3.8) is 0 Å². The van der Waals surface area contributed by atoms with Gasteiger partial charge in [-0.25, -0.2) is 4.79 Å². The SMILES string of the molecule is COC(=O)C(NC(=O)Cc1ccccc1)C(O)c1ccc(OC)cc1. The summed E-state index contributed by atoms with van der Waals surface area (Å²) in [5.74, 6) is -0.474. The number of carbonyl (C=O) groups is 2. The van der Waals surface area contributed by atoms with Crippen LogP contribution in [-0.2, 0) is 20.7 Å². The summed E-state index contributed by atoms with van der Waals surface area (Å²) < 4.78 is 9.78. The van der Waals surface area contributed by atoms with E-state index in [-0.39, 0.29) is 12.3 Å². The molecule has 132 valence electrons.